The summed E-state index contributed by atoms with van der Waals surface area (Å²) in [6.07, 6.45) is 4.11. The molecule has 0 bridgehead atoms. The van der Waals surface area contributed by atoms with Gasteiger partial charge >= 0.3 is 0 Å². The number of pyridine rings is 1. The molecule has 3 N–H and O–H groups in total. The van der Waals surface area contributed by atoms with E-state index in [1.165, 1.54) is 0 Å². The molecule has 1 heterocycles. The van der Waals surface area contributed by atoms with E-state index in [2.05, 4.69) is 11.6 Å². The molecule has 0 spiro atoms. The van der Waals surface area contributed by atoms with E-state index in [0.29, 0.717) is 6.42 Å². The summed E-state index contributed by atoms with van der Waals surface area (Å²) in [6, 6.07) is 3.46. The first-order valence-electron chi connectivity index (χ1n) is 4.20. The number of nitrogens with two attached hydrogens (primary N) is 1. The second-order valence-corrected chi connectivity index (χ2v) is 2.88. The predicted molar refractivity (Wildman–Crippen MR) is 51.9 cm³/mol. The third-order valence-electron chi connectivity index (χ3n) is 1.83. The van der Waals surface area contributed by atoms with Gasteiger partial charge in [0.05, 0.1) is 18.3 Å². The van der Waals surface area contributed by atoms with Gasteiger partial charge in [-0.15, -0.1) is 6.58 Å². The average molecular weight is 178 g/mol. The molecule has 0 aliphatic rings. The quantitative estimate of drug-likeness (QED) is 0.680. The van der Waals surface area contributed by atoms with Crippen molar-refractivity contribution >= 4 is 0 Å². The molecule has 3 heteroatoms. The lowest BCUT2D eigenvalue weighted by Gasteiger charge is -2.08. The summed E-state index contributed by atoms with van der Waals surface area (Å²) in [4.78, 5) is 4.12. The van der Waals surface area contributed by atoms with Crippen LogP contribution in [0.1, 0.15) is 23.7 Å². The minimum Gasteiger partial charge on any atom is -0.392 e. The van der Waals surface area contributed by atoms with Gasteiger partial charge in [0.15, 0.2) is 0 Å². The second kappa shape index (κ2) is 4.74. The van der Waals surface area contributed by atoms with Crippen LogP contribution in [0.15, 0.2) is 31.0 Å². The lowest BCUT2D eigenvalue weighted by atomic mass is 10.1. The third-order valence-corrected chi connectivity index (χ3v) is 1.83. The zero-order chi connectivity index (χ0) is 9.68. The van der Waals surface area contributed by atoms with Crippen molar-refractivity contribution in [2.45, 2.75) is 19.1 Å². The summed E-state index contributed by atoms with van der Waals surface area (Å²) >= 11 is 0. The van der Waals surface area contributed by atoms with E-state index in [9.17, 15) is 0 Å². The Bertz CT molecular complexity index is 286. The van der Waals surface area contributed by atoms with Gasteiger partial charge in [-0.1, -0.05) is 6.08 Å². The van der Waals surface area contributed by atoms with Crippen LogP contribution in [0.3, 0.4) is 0 Å². The minimum atomic E-state index is -0.121. The molecular formula is C10H14N2O. The van der Waals surface area contributed by atoms with Crippen molar-refractivity contribution in [3.63, 3.8) is 0 Å². The molecule has 0 fully saturated rings. The molecule has 3 nitrogen and oxygen atoms in total. The Morgan fingerprint density at radius 1 is 1.69 bits per heavy atom. The van der Waals surface area contributed by atoms with Crippen molar-refractivity contribution < 1.29 is 5.11 Å². The Kier molecular flexibility index (Phi) is 3.61. The van der Waals surface area contributed by atoms with Crippen molar-refractivity contribution in [2.75, 3.05) is 0 Å². The lowest BCUT2D eigenvalue weighted by Crippen LogP contribution is -2.11. The first kappa shape index (κ1) is 9.89. The summed E-state index contributed by atoms with van der Waals surface area (Å²) in [7, 11) is 0. The zero-order valence-electron chi connectivity index (χ0n) is 7.48. The third kappa shape index (κ3) is 2.65. The van der Waals surface area contributed by atoms with Crippen molar-refractivity contribution in [1.29, 1.82) is 0 Å². The summed E-state index contributed by atoms with van der Waals surface area (Å²) in [6.45, 7) is 3.64. The summed E-state index contributed by atoms with van der Waals surface area (Å²) in [5, 5.41) is 8.88. The standard InChI is InChI=1S/C10H14N2O/c1-2-3-9(11)10-6-8(7-13)4-5-12-10/h2,4-6,9,13H,1,3,7,11H2/t9-/m0/s1. The fraction of sp³-hybridized carbons (Fsp3) is 0.300. The maximum Gasteiger partial charge on any atom is 0.0683 e. The lowest BCUT2D eigenvalue weighted by molar-refractivity contribution is 0.281. The van der Waals surface area contributed by atoms with Crippen LogP contribution in [0, 0.1) is 0 Å². The number of rotatable bonds is 4. The highest BCUT2D eigenvalue weighted by Crippen LogP contribution is 2.12. The van der Waals surface area contributed by atoms with Gasteiger partial charge in [0, 0.05) is 6.20 Å². The van der Waals surface area contributed by atoms with Crippen molar-refractivity contribution in [1.82, 2.24) is 4.98 Å². The van der Waals surface area contributed by atoms with Crippen LogP contribution < -0.4 is 5.73 Å². The van der Waals surface area contributed by atoms with Gasteiger partial charge < -0.3 is 10.8 Å². The smallest absolute Gasteiger partial charge is 0.0683 e. The van der Waals surface area contributed by atoms with E-state index in [-0.39, 0.29) is 12.6 Å². The van der Waals surface area contributed by atoms with Crippen LogP contribution in [0.5, 0.6) is 0 Å². The summed E-state index contributed by atoms with van der Waals surface area (Å²) in [5.74, 6) is 0. The SMILES string of the molecule is C=CC[C@H](N)c1cc(CO)ccn1. The van der Waals surface area contributed by atoms with E-state index in [1.54, 1.807) is 18.3 Å². The number of hydrogen-bond acceptors (Lipinski definition) is 3. The average Bonchev–Trinajstić information content (AvgIpc) is 2.18. The summed E-state index contributed by atoms with van der Waals surface area (Å²) < 4.78 is 0. The molecular weight excluding hydrogens is 164 g/mol. The number of hydrogen-bond donors (Lipinski definition) is 2. The molecule has 1 rings (SSSR count). The number of aliphatic hydroxyl groups excluding tert-OH is 1. The van der Waals surface area contributed by atoms with Crippen LogP contribution >= 0.6 is 0 Å². The Labute approximate surface area is 77.9 Å². The van der Waals surface area contributed by atoms with Crippen molar-refractivity contribution in [2.24, 2.45) is 5.73 Å². The van der Waals surface area contributed by atoms with Crippen molar-refractivity contribution in [3.05, 3.63) is 42.2 Å². The maximum atomic E-state index is 8.88. The van der Waals surface area contributed by atoms with Gasteiger partial charge in [0.25, 0.3) is 0 Å². The van der Waals surface area contributed by atoms with E-state index in [0.717, 1.165) is 11.3 Å². The number of aromatic nitrogens is 1. The van der Waals surface area contributed by atoms with Gasteiger partial charge in [-0.2, -0.15) is 0 Å². The van der Waals surface area contributed by atoms with Crippen LogP contribution in [0.4, 0.5) is 0 Å². The highest BCUT2D eigenvalue weighted by Gasteiger charge is 2.05. The molecule has 0 aliphatic heterocycles. The van der Waals surface area contributed by atoms with Crippen LogP contribution in [-0.2, 0) is 6.61 Å². The van der Waals surface area contributed by atoms with Crippen molar-refractivity contribution in [3.8, 4) is 0 Å². The molecule has 0 radical (unpaired) electrons. The molecule has 0 aromatic carbocycles. The predicted octanol–water partition coefficient (Wildman–Crippen LogP) is 1.15. The molecule has 0 saturated carbocycles. The molecule has 0 aliphatic carbocycles. The Balaban J connectivity index is 2.81. The Morgan fingerprint density at radius 2 is 2.46 bits per heavy atom. The zero-order valence-corrected chi connectivity index (χ0v) is 7.48. The molecule has 13 heavy (non-hydrogen) atoms. The first-order chi connectivity index (χ1) is 6.27. The molecule has 1 atom stereocenters. The van der Waals surface area contributed by atoms with Gasteiger partial charge in [-0.05, 0) is 24.1 Å². The molecule has 0 amide bonds. The largest absolute Gasteiger partial charge is 0.392 e. The normalized spacial score (nSPS) is 12.5. The molecule has 0 saturated heterocycles. The van der Waals surface area contributed by atoms with Gasteiger partial charge in [0.1, 0.15) is 0 Å². The van der Waals surface area contributed by atoms with E-state index in [4.69, 9.17) is 10.8 Å². The fourth-order valence-corrected chi connectivity index (χ4v) is 1.10. The topological polar surface area (TPSA) is 59.1 Å². The maximum absolute atomic E-state index is 8.88. The molecule has 70 valence electrons. The van der Waals surface area contributed by atoms with Gasteiger partial charge in [-0.25, -0.2) is 0 Å². The van der Waals surface area contributed by atoms with Crippen LogP contribution in [-0.4, -0.2) is 10.1 Å². The Morgan fingerprint density at radius 3 is 3.08 bits per heavy atom. The minimum absolute atomic E-state index is 0.0241. The molecule has 1 aromatic rings. The van der Waals surface area contributed by atoms with E-state index in [1.807, 2.05) is 6.07 Å². The monoisotopic (exact) mass is 178 g/mol. The highest BCUT2D eigenvalue weighted by molar-refractivity contribution is 5.18. The first-order valence-corrected chi connectivity index (χ1v) is 4.20. The van der Waals surface area contributed by atoms with E-state index < -0.39 is 0 Å². The number of nitrogens with zero attached hydrogens (tertiary/aromatic N) is 1. The highest BCUT2D eigenvalue weighted by atomic mass is 16.3. The second-order valence-electron chi connectivity index (χ2n) is 2.88. The Hall–Kier alpha value is -1.19. The fourth-order valence-electron chi connectivity index (χ4n) is 1.10. The molecule has 0 unspecified atom stereocenters. The molecule has 1 aromatic heterocycles. The van der Waals surface area contributed by atoms with Gasteiger partial charge in [0.2, 0.25) is 0 Å². The van der Waals surface area contributed by atoms with Crippen LogP contribution in [0.25, 0.3) is 0 Å². The van der Waals surface area contributed by atoms with Gasteiger partial charge in [-0.3, -0.25) is 4.98 Å². The van der Waals surface area contributed by atoms with Crippen LogP contribution in [0.2, 0.25) is 0 Å². The van der Waals surface area contributed by atoms with E-state index >= 15 is 0 Å². The summed E-state index contributed by atoms with van der Waals surface area (Å²) in [5.41, 5.74) is 7.45. The number of aliphatic hydroxyl groups is 1.